The quantitative estimate of drug-likeness (QED) is 0.711. The summed E-state index contributed by atoms with van der Waals surface area (Å²) in [5.41, 5.74) is 0.621. The molecular weight excluding hydrogens is 362 g/mol. The molecular formula is C18H22F6O2. The Morgan fingerprint density at radius 2 is 1.38 bits per heavy atom. The van der Waals surface area contributed by atoms with Gasteiger partial charge in [-0.15, -0.1) is 0 Å². The topological polar surface area (TPSA) is 40.5 Å². The van der Waals surface area contributed by atoms with E-state index in [0.29, 0.717) is 18.4 Å². The Morgan fingerprint density at radius 1 is 0.846 bits per heavy atom. The minimum absolute atomic E-state index is 0.515. The lowest BCUT2D eigenvalue weighted by atomic mass is 9.85. The Kier molecular flexibility index (Phi) is 8.62. The minimum atomic E-state index is -4.59. The third-order valence-corrected chi connectivity index (χ3v) is 4.04. The molecule has 1 aromatic carbocycles. The first kappa shape index (κ1) is 22.5. The van der Waals surface area contributed by atoms with Crippen LogP contribution in [0.4, 0.5) is 26.3 Å². The van der Waals surface area contributed by atoms with Crippen LogP contribution in [0.15, 0.2) is 36.4 Å². The molecule has 1 fully saturated rings. The van der Waals surface area contributed by atoms with Crippen LogP contribution in [0.5, 0.6) is 0 Å². The van der Waals surface area contributed by atoms with Crippen molar-refractivity contribution in [1.29, 1.82) is 0 Å². The zero-order valence-corrected chi connectivity index (χ0v) is 14.0. The van der Waals surface area contributed by atoms with Crippen molar-refractivity contribution in [2.45, 2.75) is 56.7 Å². The number of aliphatic hydroxyl groups excluding tert-OH is 2. The summed E-state index contributed by atoms with van der Waals surface area (Å²) in [5.74, 6) is -0.557. The summed E-state index contributed by atoms with van der Waals surface area (Å²) >= 11 is 0. The van der Waals surface area contributed by atoms with E-state index in [2.05, 4.69) is 0 Å². The fourth-order valence-electron chi connectivity index (χ4n) is 2.59. The van der Waals surface area contributed by atoms with Crippen molar-refractivity contribution in [2.75, 3.05) is 0 Å². The molecule has 0 aliphatic heterocycles. The first-order chi connectivity index (χ1) is 12.0. The molecule has 1 aliphatic carbocycles. The molecule has 0 amide bonds. The summed E-state index contributed by atoms with van der Waals surface area (Å²) in [4.78, 5) is 0. The van der Waals surface area contributed by atoms with Gasteiger partial charge in [0.1, 0.15) is 0 Å². The highest BCUT2D eigenvalue weighted by Gasteiger charge is 2.43. The van der Waals surface area contributed by atoms with Crippen molar-refractivity contribution in [1.82, 2.24) is 0 Å². The first-order valence-electron chi connectivity index (χ1n) is 8.24. The highest BCUT2D eigenvalue weighted by molar-refractivity contribution is 5.49. The number of rotatable bonds is 3. The second kappa shape index (κ2) is 9.97. The van der Waals surface area contributed by atoms with Crippen molar-refractivity contribution in [3.05, 3.63) is 42.0 Å². The van der Waals surface area contributed by atoms with E-state index < -0.39 is 30.5 Å². The number of aliphatic hydroxyl groups is 2. The predicted molar refractivity (Wildman–Crippen MR) is 86.2 cm³/mol. The van der Waals surface area contributed by atoms with Gasteiger partial charge in [0.15, 0.2) is 12.2 Å². The molecule has 0 spiro atoms. The molecule has 26 heavy (non-hydrogen) atoms. The molecule has 2 unspecified atom stereocenters. The number of alkyl halides is 6. The molecule has 2 rings (SSSR count). The fourth-order valence-corrected chi connectivity index (χ4v) is 2.59. The van der Waals surface area contributed by atoms with Gasteiger partial charge in [-0.05, 0) is 30.4 Å². The third-order valence-electron chi connectivity index (χ3n) is 4.04. The maximum absolute atomic E-state index is 12.0. The van der Waals surface area contributed by atoms with E-state index in [0.717, 1.165) is 25.3 Å². The zero-order chi connectivity index (χ0) is 19.8. The Labute approximate surface area is 148 Å². The average Bonchev–Trinajstić information content (AvgIpc) is 2.59. The molecule has 148 valence electrons. The van der Waals surface area contributed by atoms with Crippen LogP contribution in [0.3, 0.4) is 0 Å². The molecule has 8 heteroatoms. The van der Waals surface area contributed by atoms with Crippen molar-refractivity contribution >= 4 is 6.08 Å². The highest BCUT2D eigenvalue weighted by atomic mass is 19.4. The third kappa shape index (κ3) is 8.23. The Balaban J connectivity index is 0.000000263. The molecule has 0 bridgehead atoms. The van der Waals surface area contributed by atoms with Gasteiger partial charge in [-0.2, -0.15) is 26.3 Å². The maximum Gasteiger partial charge on any atom is 0.417 e. The first-order valence-corrected chi connectivity index (χ1v) is 8.24. The smallest absolute Gasteiger partial charge is 0.383 e. The highest BCUT2D eigenvalue weighted by Crippen LogP contribution is 2.34. The number of benzene rings is 1. The molecule has 0 saturated heterocycles. The summed E-state index contributed by atoms with van der Waals surface area (Å²) in [7, 11) is 0. The van der Waals surface area contributed by atoms with Crippen LogP contribution in [0.2, 0.25) is 0 Å². The average molecular weight is 384 g/mol. The van der Waals surface area contributed by atoms with Crippen molar-refractivity contribution in [3.8, 4) is 0 Å². The van der Waals surface area contributed by atoms with E-state index in [9.17, 15) is 26.3 Å². The van der Waals surface area contributed by atoms with Crippen molar-refractivity contribution in [3.63, 3.8) is 0 Å². The standard InChI is InChI=1S/C10H9F3O.C8H13F3O/c11-10(12,13)9(14)7-6-8-4-2-1-3-5-8;9-8(10,11)7(12)6-4-2-1-3-5-6/h1-7,9,14H;6-7,12H,1-5H2. The van der Waals surface area contributed by atoms with E-state index in [-0.39, 0.29) is 0 Å². The van der Waals surface area contributed by atoms with Crippen LogP contribution >= 0.6 is 0 Å². The van der Waals surface area contributed by atoms with Crippen LogP contribution in [-0.4, -0.2) is 34.8 Å². The fraction of sp³-hybridized carbons (Fsp3) is 0.556. The van der Waals surface area contributed by atoms with Gasteiger partial charge in [0.2, 0.25) is 0 Å². The largest absolute Gasteiger partial charge is 0.417 e. The lowest BCUT2D eigenvalue weighted by molar-refractivity contribution is -0.222. The summed E-state index contributed by atoms with van der Waals surface area (Å²) in [6, 6.07) is 8.48. The van der Waals surface area contributed by atoms with Crippen LogP contribution in [0.1, 0.15) is 37.7 Å². The van der Waals surface area contributed by atoms with E-state index in [4.69, 9.17) is 10.2 Å². The van der Waals surface area contributed by atoms with E-state index in [1.54, 1.807) is 30.3 Å². The zero-order valence-electron chi connectivity index (χ0n) is 14.0. The Morgan fingerprint density at radius 3 is 1.85 bits per heavy atom. The molecule has 1 saturated carbocycles. The molecule has 0 aromatic heterocycles. The second-order valence-electron chi connectivity index (χ2n) is 6.14. The molecule has 1 aliphatic rings. The van der Waals surface area contributed by atoms with Crippen LogP contribution in [0.25, 0.3) is 6.08 Å². The summed E-state index contributed by atoms with van der Waals surface area (Å²) < 4.78 is 71.5. The van der Waals surface area contributed by atoms with Crippen molar-refractivity contribution in [2.24, 2.45) is 5.92 Å². The van der Waals surface area contributed by atoms with E-state index >= 15 is 0 Å². The molecule has 2 N–H and O–H groups in total. The molecule has 0 heterocycles. The lowest BCUT2D eigenvalue weighted by Gasteiger charge is -2.27. The van der Waals surface area contributed by atoms with Gasteiger partial charge in [0, 0.05) is 0 Å². The van der Waals surface area contributed by atoms with Crippen LogP contribution in [-0.2, 0) is 0 Å². The van der Waals surface area contributed by atoms with Gasteiger partial charge in [-0.1, -0.05) is 55.7 Å². The molecule has 2 nitrogen and oxygen atoms in total. The van der Waals surface area contributed by atoms with E-state index in [1.807, 2.05) is 0 Å². The summed E-state index contributed by atoms with van der Waals surface area (Å²) in [6.07, 6.45) is -7.90. The van der Waals surface area contributed by atoms with Gasteiger partial charge >= 0.3 is 12.4 Å². The van der Waals surface area contributed by atoms with Crippen LogP contribution < -0.4 is 0 Å². The number of hydrogen-bond acceptors (Lipinski definition) is 2. The Hall–Kier alpha value is -1.54. The number of hydrogen-bond donors (Lipinski definition) is 2. The second-order valence-corrected chi connectivity index (χ2v) is 6.14. The minimum Gasteiger partial charge on any atom is -0.383 e. The Bertz CT molecular complexity index is 533. The predicted octanol–water partition coefficient (Wildman–Crippen LogP) is 5.11. The number of halogens is 6. The van der Waals surface area contributed by atoms with Gasteiger partial charge < -0.3 is 10.2 Å². The molecule has 0 radical (unpaired) electrons. The molecule has 1 aromatic rings. The van der Waals surface area contributed by atoms with Gasteiger partial charge in [0.25, 0.3) is 0 Å². The van der Waals surface area contributed by atoms with E-state index in [1.165, 1.54) is 6.08 Å². The van der Waals surface area contributed by atoms with Crippen molar-refractivity contribution < 1.29 is 36.6 Å². The maximum atomic E-state index is 12.0. The SMILES string of the molecule is OC(C1CCCCC1)C(F)(F)F.OC(C=Cc1ccccc1)C(F)(F)F. The summed E-state index contributed by atoms with van der Waals surface area (Å²) in [5, 5.41) is 17.5. The monoisotopic (exact) mass is 384 g/mol. The molecule has 2 atom stereocenters. The van der Waals surface area contributed by atoms with Crippen LogP contribution in [0, 0.1) is 5.92 Å². The van der Waals surface area contributed by atoms with Gasteiger partial charge in [-0.3, -0.25) is 0 Å². The van der Waals surface area contributed by atoms with Gasteiger partial charge in [0.05, 0.1) is 0 Å². The van der Waals surface area contributed by atoms with Gasteiger partial charge in [-0.25, -0.2) is 0 Å². The summed E-state index contributed by atoms with van der Waals surface area (Å²) in [6.45, 7) is 0. The lowest BCUT2D eigenvalue weighted by Crippen LogP contribution is -2.36. The normalized spacial score (nSPS) is 18.9.